The summed E-state index contributed by atoms with van der Waals surface area (Å²) in [5.74, 6) is -0.395. The highest BCUT2D eigenvalue weighted by molar-refractivity contribution is 6.03. The zero-order chi connectivity index (χ0) is 16.4. The Morgan fingerprint density at radius 1 is 1.35 bits per heavy atom. The Bertz CT molecular complexity index is 880. The minimum Gasteiger partial charge on any atom is -0.494 e. The van der Waals surface area contributed by atoms with Gasteiger partial charge in [-0.15, -0.1) is 6.58 Å². The molecule has 1 aliphatic heterocycles. The highest BCUT2D eigenvalue weighted by Gasteiger charge is 2.26. The summed E-state index contributed by atoms with van der Waals surface area (Å²) in [4.78, 5) is 26.0. The number of H-pyrrole nitrogens is 1. The van der Waals surface area contributed by atoms with Crippen LogP contribution in [0.25, 0.3) is 0 Å². The van der Waals surface area contributed by atoms with Crippen molar-refractivity contribution in [1.29, 1.82) is 0 Å². The van der Waals surface area contributed by atoms with Crippen LogP contribution in [-0.2, 0) is 6.54 Å². The normalized spacial score (nSPS) is 16.7. The van der Waals surface area contributed by atoms with E-state index in [2.05, 4.69) is 22.1 Å². The van der Waals surface area contributed by atoms with Crippen LogP contribution in [0, 0.1) is 0 Å². The second kappa shape index (κ2) is 5.96. The highest BCUT2D eigenvalue weighted by atomic mass is 16.3. The molecule has 3 rings (SSSR count). The van der Waals surface area contributed by atoms with Crippen molar-refractivity contribution in [2.45, 2.75) is 19.0 Å². The zero-order valence-electron chi connectivity index (χ0n) is 12.3. The SMILES string of the molecule is C=CCn1c(O)c(C2=NN[C@@H](c3ccccc3)C2)c(=O)[nH]c1=O. The first-order valence-corrected chi connectivity index (χ1v) is 7.16. The number of allylic oxidation sites excluding steroid dienone is 1. The number of nitrogens with one attached hydrogen (secondary N) is 2. The fourth-order valence-corrected chi connectivity index (χ4v) is 2.59. The van der Waals surface area contributed by atoms with Crippen LogP contribution >= 0.6 is 0 Å². The summed E-state index contributed by atoms with van der Waals surface area (Å²) < 4.78 is 1.04. The lowest BCUT2D eigenvalue weighted by Crippen LogP contribution is -2.33. The predicted octanol–water partition coefficient (Wildman–Crippen LogP) is 0.867. The van der Waals surface area contributed by atoms with Crippen LogP contribution in [0.4, 0.5) is 0 Å². The molecule has 1 aromatic carbocycles. The van der Waals surface area contributed by atoms with Crippen molar-refractivity contribution in [3.8, 4) is 5.88 Å². The van der Waals surface area contributed by atoms with Gasteiger partial charge in [0.05, 0.1) is 11.8 Å². The van der Waals surface area contributed by atoms with Gasteiger partial charge in [0.25, 0.3) is 5.56 Å². The first-order chi connectivity index (χ1) is 11.1. The highest BCUT2D eigenvalue weighted by Crippen LogP contribution is 2.25. The topological polar surface area (TPSA) is 99.5 Å². The second-order valence-corrected chi connectivity index (χ2v) is 5.21. The summed E-state index contributed by atoms with van der Waals surface area (Å²) in [5, 5.41) is 14.4. The monoisotopic (exact) mass is 312 g/mol. The van der Waals surface area contributed by atoms with E-state index in [1.165, 1.54) is 6.08 Å². The first kappa shape index (κ1) is 14.8. The fraction of sp³-hybridized carbons (Fsp3) is 0.188. The second-order valence-electron chi connectivity index (χ2n) is 5.21. The Hall–Kier alpha value is -3.09. The third-order valence-electron chi connectivity index (χ3n) is 3.73. The molecular formula is C16H16N4O3. The molecule has 0 bridgehead atoms. The van der Waals surface area contributed by atoms with Gasteiger partial charge in [-0.1, -0.05) is 36.4 Å². The van der Waals surface area contributed by atoms with Crippen LogP contribution in [0.1, 0.15) is 23.6 Å². The average Bonchev–Trinajstić information content (AvgIpc) is 3.02. The maximum Gasteiger partial charge on any atom is 0.331 e. The number of hydrogen-bond donors (Lipinski definition) is 3. The molecule has 0 spiro atoms. The Labute approximate surface area is 131 Å². The number of rotatable bonds is 4. The molecule has 0 saturated heterocycles. The molecule has 3 N–H and O–H groups in total. The molecule has 2 heterocycles. The molecule has 23 heavy (non-hydrogen) atoms. The Kier molecular flexibility index (Phi) is 3.84. The number of benzene rings is 1. The Morgan fingerprint density at radius 2 is 2.09 bits per heavy atom. The molecule has 7 nitrogen and oxygen atoms in total. The van der Waals surface area contributed by atoms with Gasteiger partial charge in [-0.05, 0) is 5.56 Å². The smallest absolute Gasteiger partial charge is 0.331 e. The molecule has 0 amide bonds. The van der Waals surface area contributed by atoms with E-state index in [4.69, 9.17) is 0 Å². The molecule has 1 aliphatic rings. The van der Waals surface area contributed by atoms with Crippen molar-refractivity contribution in [2.24, 2.45) is 5.10 Å². The van der Waals surface area contributed by atoms with E-state index >= 15 is 0 Å². The van der Waals surface area contributed by atoms with Crippen molar-refractivity contribution in [1.82, 2.24) is 15.0 Å². The third-order valence-corrected chi connectivity index (χ3v) is 3.73. The van der Waals surface area contributed by atoms with Gasteiger partial charge in [0.1, 0.15) is 5.56 Å². The predicted molar refractivity (Wildman–Crippen MR) is 86.7 cm³/mol. The van der Waals surface area contributed by atoms with Gasteiger partial charge in [-0.3, -0.25) is 14.3 Å². The molecule has 1 atom stereocenters. The average molecular weight is 312 g/mol. The minimum atomic E-state index is -0.678. The maximum absolute atomic E-state index is 12.1. The molecule has 7 heteroatoms. The van der Waals surface area contributed by atoms with Crippen LogP contribution in [-0.4, -0.2) is 20.4 Å². The van der Waals surface area contributed by atoms with Crippen molar-refractivity contribution >= 4 is 5.71 Å². The molecule has 0 radical (unpaired) electrons. The lowest BCUT2D eigenvalue weighted by atomic mass is 10.0. The van der Waals surface area contributed by atoms with E-state index in [1.54, 1.807) is 0 Å². The van der Waals surface area contributed by atoms with Crippen LogP contribution in [0.2, 0.25) is 0 Å². The maximum atomic E-state index is 12.1. The van der Waals surface area contributed by atoms with E-state index in [0.29, 0.717) is 12.1 Å². The number of hydrazone groups is 1. The van der Waals surface area contributed by atoms with Crippen molar-refractivity contribution in [3.63, 3.8) is 0 Å². The van der Waals surface area contributed by atoms with Crippen LogP contribution in [0.15, 0.2) is 57.7 Å². The van der Waals surface area contributed by atoms with Gasteiger partial charge in [-0.25, -0.2) is 4.79 Å². The molecule has 0 unspecified atom stereocenters. The van der Waals surface area contributed by atoms with Gasteiger partial charge in [-0.2, -0.15) is 5.10 Å². The first-order valence-electron chi connectivity index (χ1n) is 7.16. The molecule has 1 aromatic heterocycles. The molecular weight excluding hydrogens is 296 g/mol. The molecule has 2 aromatic rings. The summed E-state index contributed by atoms with van der Waals surface area (Å²) in [7, 11) is 0. The lowest BCUT2D eigenvalue weighted by Gasteiger charge is -2.11. The van der Waals surface area contributed by atoms with Crippen LogP contribution in [0.5, 0.6) is 5.88 Å². The number of aromatic amines is 1. The summed E-state index contributed by atoms with van der Waals surface area (Å²) in [5.41, 5.74) is 3.08. The van der Waals surface area contributed by atoms with E-state index in [0.717, 1.165) is 10.1 Å². The van der Waals surface area contributed by atoms with Crippen molar-refractivity contribution < 1.29 is 5.11 Å². The van der Waals surface area contributed by atoms with E-state index in [-0.39, 0.29) is 18.2 Å². The lowest BCUT2D eigenvalue weighted by molar-refractivity contribution is 0.409. The van der Waals surface area contributed by atoms with E-state index in [9.17, 15) is 14.7 Å². The molecule has 0 aliphatic carbocycles. The number of aromatic nitrogens is 2. The number of nitrogens with zero attached hydrogens (tertiary/aromatic N) is 2. The number of hydrogen-bond acceptors (Lipinski definition) is 5. The van der Waals surface area contributed by atoms with Crippen molar-refractivity contribution in [3.05, 3.63) is 75.0 Å². The molecule has 0 fully saturated rings. The zero-order valence-corrected chi connectivity index (χ0v) is 12.3. The molecule has 0 saturated carbocycles. The largest absolute Gasteiger partial charge is 0.494 e. The number of aromatic hydroxyl groups is 1. The van der Waals surface area contributed by atoms with Crippen molar-refractivity contribution in [2.75, 3.05) is 0 Å². The summed E-state index contributed by atoms with van der Waals surface area (Å²) in [6.07, 6.45) is 1.90. The van der Waals surface area contributed by atoms with Crippen LogP contribution < -0.4 is 16.7 Å². The Morgan fingerprint density at radius 3 is 2.78 bits per heavy atom. The van der Waals surface area contributed by atoms with Gasteiger partial charge in [0.2, 0.25) is 5.88 Å². The summed E-state index contributed by atoms with van der Waals surface area (Å²) in [6, 6.07) is 9.59. The van der Waals surface area contributed by atoms with Crippen LogP contribution in [0.3, 0.4) is 0 Å². The van der Waals surface area contributed by atoms with E-state index in [1.807, 2.05) is 30.3 Å². The van der Waals surface area contributed by atoms with Gasteiger partial charge >= 0.3 is 5.69 Å². The van der Waals surface area contributed by atoms with Gasteiger partial charge in [0, 0.05) is 13.0 Å². The van der Waals surface area contributed by atoms with Gasteiger partial charge < -0.3 is 10.5 Å². The van der Waals surface area contributed by atoms with Gasteiger partial charge in [0.15, 0.2) is 0 Å². The minimum absolute atomic E-state index is 0.0115. The standard InChI is InChI=1S/C16H16N4O3/c1-2-8-20-15(22)13(14(21)17-16(20)23)12-9-11(18-19-12)10-6-4-3-5-7-10/h2-7,11,18,22H,1,8-9H2,(H,17,21,23)/t11-/m1/s1. The van der Waals surface area contributed by atoms with E-state index < -0.39 is 17.1 Å². The summed E-state index contributed by atoms with van der Waals surface area (Å²) >= 11 is 0. The Balaban J connectivity index is 1.97. The molecule has 118 valence electrons. The quantitative estimate of drug-likeness (QED) is 0.729. The summed E-state index contributed by atoms with van der Waals surface area (Å²) in [6.45, 7) is 3.63. The fourth-order valence-electron chi connectivity index (χ4n) is 2.59. The third kappa shape index (κ3) is 2.68.